The van der Waals surface area contributed by atoms with E-state index in [0.29, 0.717) is 12.2 Å². The first-order chi connectivity index (χ1) is 8.56. The minimum Gasteiger partial charge on any atom is -0.394 e. The van der Waals surface area contributed by atoms with Crippen LogP contribution >= 0.6 is 0 Å². The van der Waals surface area contributed by atoms with Crippen LogP contribution in [0.5, 0.6) is 0 Å². The first-order valence-corrected chi connectivity index (χ1v) is 6.85. The number of rotatable bonds is 5. The zero-order valence-electron chi connectivity index (χ0n) is 11.4. The number of nitrogens with two attached hydrogens (primary N) is 1. The summed E-state index contributed by atoms with van der Waals surface area (Å²) in [6.45, 7) is 5.43. The van der Waals surface area contributed by atoms with Crippen molar-refractivity contribution in [1.82, 2.24) is 9.78 Å². The molecule has 5 nitrogen and oxygen atoms in total. The van der Waals surface area contributed by atoms with E-state index < -0.39 is 5.60 Å². The molecule has 1 aliphatic rings. The van der Waals surface area contributed by atoms with E-state index in [1.165, 1.54) is 0 Å². The Morgan fingerprint density at radius 1 is 1.44 bits per heavy atom. The van der Waals surface area contributed by atoms with Crippen LogP contribution in [0.25, 0.3) is 0 Å². The Labute approximate surface area is 108 Å². The predicted octanol–water partition coefficient (Wildman–Crippen LogP) is 1.90. The van der Waals surface area contributed by atoms with Crippen LogP contribution in [0.15, 0.2) is 0 Å². The molecule has 1 aliphatic carbocycles. The molecule has 1 saturated carbocycles. The number of aliphatic hydroxyl groups is 1. The van der Waals surface area contributed by atoms with E-state index in [1.54, 1.807) is 0 Å². The number of aromatic nitrogens is 2. The summed E-state index contributed by atoms with van der Waals surface area (Å²) < 4.78 is 1.91. The third-order valence-corrected chi connectivity index (χ3v) is 3.73. The van der Waals surface area contributed by atoms with Gasteiger partial charge in [0.05, 0.1) is 17.0 Å². The molecule has 1 aromatic heterocycles. The van der Waals surface area contributed by atoms with Gasteiger partial charge in [0.25, 0.3) is 0 Å². The third-order valence-electron chi connectivity index (χ3n) is 3.73. The van der Waals surface area contributed by atoms with Crippen molar-refractivity contribution in [2.75, 3.05) is 17.6 Å². The molecular weight excluding hydrogens is 228 g/mol. The number of hydrogen-bond donors (Lipinski definition) is 3. The Kier molecular flexibility index (Phi) is 3.80. The summed E-state index contributed by atoms with van der Waals surface area (Å²) in [4.78, 5) is 0. The van der Waals surface area contributed by atoms with Gasteiger partial charge < -0.3 is 16.2 Å². The molecule has 1 heterocycles. The van der Waals surface area contributed by atoms with Gasteiger partial charge in [-0.25, -0.2) is 4.68 Å². The second-order valence-corrected chi connectivity index (χ2v) is 5.36. The lowest BCUT2D eigenvalue weighted by molar-refractivity contribution is 0.0613. The molecule has 0 aromatic carbocycles. The van der Waals surface area contributed by atoms with E-state index in [2.05, 4.69) is 17.3 Å². The van der Waals surface area contributed by atoms with Crippen molar-refractivity contribution in [3.63, 3.8) is 0 Å². The normalized spacial score (nSPS) is 18.2. The quantitative estimate of drug-likeness (QED) is 0.748. The highest BCUT2D eigenvalue weighted by atomic mass is 16.3. The molecule has 5 heteroatoms. The zero-order valence-corrected chi connectivity index (χ0v) is 11.4. The summed E-state index contributed by atoms with van der Waals surface area (Å²) in [5, 5.41) is 18.0. The van der Waals surface area contributed by atoms with Crippen molar-refractivity contribution in [2.45, 2.75) is 58.1 Å². The van der Waals surface area contributed by atoms with Crippen LogP contribution < -0.4 is 11.1 Å². The molecule has 0 atom stereocenters. The molecule has 0 bridgehead atoms. The van der Waals surface area contributed by atoms with Gasteiger partial charge in [0.1, 0.15) is 5.82 Å². The van der Waals surface area contributed by atoms with Crippen molar-refractivity contribution < 1.29 is 5.11 Å². The maximum absolute atomic E-state index is 10.3. The largest absolute Gasteiger partial charge is 0.394 e. The van der Waals surface area contributed by atoms with Gasteiger partial charge in [-0.3, -0.25) is 0 Å². The maximum Gasteiger partial charge on any atom is 0.148 e. The van der Waals surface area contributed by atoms with Crippen LogP contribution in [0.2, 0.25) is 0 Å². The van der Waals surface area contributed by atoms with Gasteiger partial charge in [0.15, 0.2) is 0 Å². The van der Waals surface area contributed by atoms with Gasteiger partial charge in [-0.15, -0.1) is 0 Å². The van der Waals surface area contributed by atoms with Crippen molar-refractivity contribution in [2.24, 2.45) is 0 Å². The van der Waals surface area contributed by atoms with Gasteiger partial charge in [-0.05, 0) is 26.2 Å². The highest BCUT2D eigenvalue weighted by Crippen LogP contribution is 2.31. The van der Waals surface area contributed by atoms with Crippen LogP contribution in [0.4, 0.5) is 11.5 Å². The minimum absolute atomic E-state index is 0.562. The fraction of sp³-hybridized carbons (Fsp3) is 0.769. The Hall–Kier alpha value is -1.23. The summed E-state index contributed by atoms with van der Waals surface area (Å²) in [6, 6.07) is 0. The second-order valence-electron chi connectivity index (χ2n) is 5.36. The molecule has 0 amide bonds. The number of hydrogen-bond acceptors (Lipinski definition) is 4. The van der Waals surface area contributed by atoms with Gasteiger partial charge in [-0.1, -0.05) is 19.8 Å². The van der Waals surface area contributed by atoms with Gasteiger partial charge in [0, 0.05) is 13.1 Å². The molecule has 0 unspecified atom stereocenters. The van der Waals surface area contributed by atoms with Gasteiger partial charge >= 0.3 is 0 Å². The molecule has 102 valence electrons. The average Bonchev–Trinajstić information content (AvgIpc) is 2.85. The summed E-state index contributed by atoms with van der Waals surface area (Å²) in [5.74, 6) is 0.856. The SMILES string of the molecule is CCCn1nc(C)c(N)c1NCC1(O)CCCC1. The summed E-state index contributed by atoms with van der Waals surface area (Å²) in [5.41, 5.74) is 7.02. The predicted molar refractivity (Wildman–Crippen MR) is 73.6 cm³/mol. The van der Waals surface area contributed by atoms with E-state index in [-0.39, 0.29) is 0 Å². The molecule has 0 saturated heterocycles. The fourth-order valence-corrected chi connectivity index (χ4v) is 2.61. The molecular formula is C13H24N4O. The first-order valence-electron chi connectivity index (χ1n) is 6.85. The molecule has 18 heavy (non-hydrogen) atoms. The molecule has 0 radical (unpaired) electrons. The summed E-state index contributed by atoms with van der Waals surface area (Å²) >= 11 is 0. The zero-order chi connectivity index (χ0) is 13.2. The van der Waals surface area contributed by atoms with Gasteiger partial charge in [-0.2, -0.15) is 5.10 Å². The van der Waals surface area contributed by atoms with E-state index in [1.807, 2.05) is 11.6 Å². The van der Waals surface area contributed by atoms with Crippen LogP contribution in [0.3, 0.4) is 0 Å². The fourth-order valence-electron chi connectivity index (χ4n) is 2.61. The van der Waals surface area contributed by atoms with Crippen molar-refractivity contribution >= 4 is 11.5 Å². The smallest absolute Gasteiger partial charge is 0.148 e. The summed E-state index contributed by atoms with van der Waals surface area (Å²) in [7, 11) is 0. The number of nitrogens with zero attached hydrogens (tertiary/aromatic N) is 2. The topological polar surface area (TPSA) is 76.1 Å². The standard InChI is InChI=1S/C13H24N4O/c1-3-8-17-12(11(14)10(2)16-17)15-9-13(18)6-4-5-7-13/h15,18H,3-9,14H2,1-2H3. The van der Waals surface area contributed by atoms with Crippen LogP contribution in [0.1, 0.15) is 44.7 Å². The summed E-state index contributed by atoms with van der Waals surface area (Å²) in [6.07, 6.45) is 4.99. The number of nitrogen functional groups attached to an aromatic ring is 1. The lowest BCUT2D eigenvalue weighted by Gasteiger charge is -2.23. The molecule has 4 N–H and O–H groups in total. The van der Waals surface area contributed by atoms with Crippen LogP contribution in [0, 0.1) is 6.92 Å². The lowest BCUT2D eigenvalue weighted by atomic mass is 10.0. The maximum atomic E-state index is 10.3. The van der Waals surface area contributed by atoms with Crippen LogP contribution in [-0.4, -0.2) is 27.0 Å². The number of anilines is 2. The number of nitrogens with one attached hydrogen (secondary N) is 1. The van der Waals surface area contributed by atoms with E-state index >= 15 is 0 Å². The van der Waals surface area contributed by atoms with Crippen LogP contribution in [-0.2, 0) is 6.54 Å². The Balaban J connectivity index is 2.08. The highest BCUT2D eigenvalue weighted by Gasteiger charge is 2.31. The molecule has 2 rings (SSSR count). The highest BCUT2D eigenvalue weighted by molar-refractivity contribution is 5.64. The van der Waals surface area contributed by atoms with E-state index in [0.717, 1.165) is 50.2 Å². The first kappa shape index (κ1) is 13.2. The Bertz CT molecular complexity index is 407. The van der Waals surface area contributed by atoms with Crippen molar-refractivity contribution in [3.8, 4) is 0 Å². The molecule has 0 spiro atoms. The van der Waals surface area contributed by atoms with E-state index in [4.69, 9.17) is 5.73 Å². The third kappa shape index (κ3) is 2.61. The minimum atomic E-state index is -0.568. The number of aryl methyl sites for hydroxylation is 2. The second kappa shape index (κ2) is 5.18. The molecule has 1 aromatic rings. The van der Waals surface area contributed by atoms with Gasteiger partial charge in [0.2, 0.25) is 0 Å². The van der Waals surface area contributed by atoms with Crippen molar-refractivity contribution in [3.05, 3.63) is 5.69 Å². The lowest BCUT2D eigenvalue weighted by Crippen LogP contribution is -2.34. The Morgan fingerprint density at radius 2 is 2.11 bits per heavy atom. The van der Waals surface area contributed by atoms with E-state index in [9.17, 15) is 5.11 Å². The average molecular weight is 252 g/mol. The Morgan fingerprint density at radius 3 is 2.72 bits per heavy atom. The van der Waals surface area contributed by atoms with Crippen molar-refractivity contribution in [1.29, 1.82) is 0 Å². The monoisotopic (exact) mass is 252 g/mol. The molecule has 1 fully saturated rings. The molecule has 0 aliphatic heterocycles.